The summed E-state index contributed by atoms with van der Waals surface area (Å²) in [6.07, 6.45) is 1.39. The van der Waals surface area contributed by atoms with Gasteiger partial charge in [0.1, 0.15) is 11.5 Å². The molecule has 0 bridgehead atoms. The molecule has 0 fully saturated rings. The molecule has 0 aliphatic rings. The number of nitrogens with one attached hydrogen (secondary N) is 1. The summed E-state index contributed by atoms with van der Waals surface area (Å²) in [5.41, 5.74) is 5.43. The highest BCUT2D eigenvalue weighted by Gasteiger charge is 2.11. The van der Waals surface area contributed by atoms with Gasteiger partial charge in [0, 0.05) is 30.9 Å². The molecule has 0 spiro atoms. The number of rotatable bonds is 6. The topological polar surface area (TPSA) is 95.1 Å². The van der Waals surface area contributed by atoms with E-state index in [0.29, 0.717) is 28.2 Å². The number of furan rings is 1. The van der Waals surface area contributed by atoms with Gasteiger partial charge in [-0.25, -0.2) is 10.2 Å². The Labute approximate surface area is 168 Å². The van der Waals surface area contributed by atoms with E-state index in [0.717, 1.165) is 5.69 Å². The zero-order valence-corrected chi connectivity index (χ0v) is 16.3. The molecule has 0 atom stereocenters. The molecule has 2 N–H and O–H groups in total. The Morgan fingerprint density at radius 1 is 1.10 bits per heavy atom. The van der Waals surface area contributed by atoms with E-state index in [1.54, 1.807) is 55.5 Å². The monoisotopic (exact) mass is 391 g/mol. The van der Waals surface area contributed by atoms with Crippen LogP contribution in [-0.4, -0.2) is 37.3 Å². The van der Waals surface area contributed by atoms with Crippen molar-refractivity contribution in [2.75, 3.05) is 19.0 Å². The van der Waals surface area contributed by atoms with Crippen LogP contribution in [0, 0.1) is 6.92 Å². The molecule has 1 amide bonds. The third-order valence-corrected chi connectivity index (χ3v) is 4.36. The molecule has 0 saturated carbocycles. The summed E-state index contributed by atoms with van der Waals surface area (Å²) in [7, 11) is 3.80. The number of aromatic carboxylic acids is 1. The summed E-state index contributed by atoms with van der Waals surface area (Å²) < 4.78 is 5.68. The molecule has 1 aromatic heterocycles. The number of anilines is 1. The highest BCUT2D eigenvalue weighted by Crippen LogP contribution is 2.24. The van der Waals surface area contributed by atoms with Gasteiger partial charge in [-0.2, -0.15) is 5.10 Å². The van der Waals surface area contributed by atoms with E-state index in [1.807, 2.05) is 25.1 Å². The third kappa shape index (κ3) is 4.70. The average Bonchev–Trinajstić information content (AvgIpc) is 3.17. The van der Waals surface area contributed by atoms with E-state index in [9.17, 15) is 14.7 Å². The number of hydrazone groups is 1. The molecule has 0 aliphatic carbocycles. The van der Waals surface area contributed by atoms with Crippen LogP contribution < -0.4 is 10.3 Å². The van der Waals surface area contributed by atoms with Gasteiger partial charge < -0.3 is 14.4 Å². The number of carbonyl (C=O) groups excluding carboxylic acids is 1. The van der Waals surface area contributed by atoms with Crippen LogP contribution in [0.15, 0.2) is 64.1 Å². The SMILES string of the molecule is Cc1ccc(-c2ccc(C=NNC(=O)c3cccc(N(C)C)c3)o2)cc1C(=O)O. The van der Waals surface area contributed by atoms with Crippen LogP contribution in [0.25, 0.3) is 11.3 Å². The summed E-state index contributed by atoms with van der Waals surface area (Å²) >= 11 is 0. The van der Waals surface area contributed by atoms with E-state index in [-0.39, 0.29) is 11.5 Å². The minimum Gasteiger partial charge on any atom is -0.478 e. The summed E-state index contributed by atoms with van der Waals surface area (Å²) in [6, 6.07) is 15.7. The maximum Gasteiger partial charge on any atom is 0.335 e. The average molecular weight is 391 g/mol. The van der Waals surface area contributed by atoms with Gasteiger partial charge in [0.25, 0.3) is 5.91 Å². The van der Waals surface area contributed by atoms with Crippen LogP contribution in [0.4, 0.5) is 5.69 Å². The number of hydrogen-bond donors (Lipinski definition) is 2. The lowest BCUT2D eigenvalue weighted by atomic mass is 10.0. The standard InChI is InChI=1S/C22H21N3O4/c1-14-7-8-15(12-19(14)22(27)28)20-10-9-18(29-20)13-23-24-21(26)16-5-4-6-17(11-16)25(2)3/h4-13H,1-3H3,(H,24,26)(H,27,28). The molecule has 0 radical (unpaired) electrons. The minimum atomic E-state index is -0.987. The van der Waals surface area contributed by atoms with Crippen LogP contribution in [0.5, 0.6) is 0 Å². The van der Waals surface area contributed by atoms with Crippen molar-refractivity contribution in [3.8, 4) is 11.3 Å². The second-order valence-corrected chi connectivity index (χ2v) is 6.68. The molecule has 0 unspecified atom stereocenters. The maximum atomic E-state index is 12.2. The van der Waals surface area contributed by atoms with Crippen molar-refractivity contribution in [1.82, 2.24) is 5.43 Å². The third-order valence-electron chi connectivity index (χ3n) is 4.36. The Morgan fingerprint density at radius 3 is 2.62 bits per heavy atom. The predicted octanol–water partition coefficient (Wildman–Crippen LogP) is 3.78. The fourth-order valence-corrected chi connectivity index (χ4v) is 2.73. The first-order chi connectivity index (χ1) is 13.8. The lowest BCUT2D eigenvalue weighted by Crippen LogP contribution is -2.18. The molecule has 0 saturated heterocycles. The van der Waals surface area contributed by atoms with Gasteiger partial charge in [-0.1, -0.05) is 18.2 Å². The van der Waals surface area contributed by atoms with Gasteiger partial charge in [-0.15, -0.1) is 0 Å². The van der Waals surface area contributed by atoms with Gasteiger partial charge >= 0.3 is 5.97 Å². The van der Waals surface area contributed by atoms with Crippen LogP contribution >= 0.6 is 0 Å². The zero-order chi connectivity index (χ0) is 21.0. The molecule has 3 rings (SSSR count). The lowest BCUT2D eigenvalue weighted by molar-refractivity contribution is 0.0696. The molecule has 1 heterocycles. The summed E-state index contributed by atoms with van der Waals surface area (Å²) in [4.78, 5) is 25.4. The Bertz CT molecular complexity index is 1080. The van der Waals surface area contributed by atoms with Crippen LogP contribution in [0.3, 0.4) is 0 Å². The fourth-order valence-electron chi connectivity index (χ4n) is 2.73. The van der Waals surface area contributed by atoms with Crippen molar-refractivity contribution in [1.29, 1.82) is 0 Å². The number of carboxylic acids is 1. The second kappa shape index (κ2) is 8.43. The molecular weight excluding hydrogens is 370 g/mol. The first-order valence-corrected chi connectivity index (χ1v) is 8.90. The molecule has 2 aromatic carbocycles. The number of carboxylic acid groups (broad SMARTS) is 1. The van der Waals surface area contributed by atoms with E-state index in [1.165, 1.54) is 6.21 Å². The summed E-state index contributed by atoms with van der Waals surface area (Å²) in [5.74, 6) is -0.376. The number of benzene rings is 2. The minimum absolute atomic E-state index is 0.223. The highest BCUT2D eigenvalue weighted by molar-refractivity contribution is 5.95. The van der Waals surface area contributed by atoms with Gasteiger partial charge in [0.2, 0.25) is 0 Å². The summed E-state index contributed by atoms with van der Waals surface area (Å²) in [6.45, 7) is 1.74. The Kier molecular flexibility index (Phi) is 5.78. The molecule has 7 nitrogen and oxygen atoms in total. The van der Waals surface area contributed by atoms with Gasteiger partial charge in [-0.05, 0) is 48.9 Å². The molecule has 148 valence electrons. The largest absolute Gasteiger partial charge is 0.478 e. The van der Waals surface area contributed by atoms with Crippen molar-refractivity contribution in [2.24, 2.45) is 5.10 Å². The zero-order valence-electron chi connectivity index (χ0n) is 16.3. The number of carbonyl (C=O) groups is 2. The molecule has 0 aliphatic heterocycles. The summed E-state index contributed by atoms with van der Waals surface area (Å²) in [5, 5.41) is 13.2. The predicted molar refractivity (Wildman–Crippen MR) is 112 cm³/mol. The molecule has 29 heavy (non-hydrogen) atoms. The molecule has 3 aromatic rings. The second-order valence-electron chi connectivity index (χ2n) is 6.68. The van der Waals surface area contributed by atoms with Gasteiger partial charge in [-0.3, -0.25) is 4.79 Å². The van der Waals surface area contributed by atoms with Crippen molar-refractivity contribution in [2.45, 2.75) is 6.92 Å². The molecular formula is C22H21N3O4. The lowest BCUT2D eigenvalue weighted by Gasteiger charge is -2.12. The van der Waals surface area contributed by atoms with Crippen LogP contribution in [-0.2, 0) is 0 Å². The number of aryl methyl sites for hydroxylation is 1. The number of amides is 1. The maximum absolute atomic E-state index is 12.2. The van der Waals surface area contributed by atoms with Crippen molar-refractivity contribution in [3.05, 3.63) is 77.0 Å². The smallest absolute Gasteiger partial charge is 0.335 e. The fraction of sp³-hybridized carbons (Fsp3) is 0.136. The van der Waals surface area contributed by atoms with Gasteiger partial charge in [0.05, 0.1) is 11.8 Å². The Hall–Kier alpha value is -3.87. The van der Waals surface area contributed by atoms with E-state index < -0.39 is 5.97 Å². The number of hydrogen-bond acceptors (Lipinski definition) is 5. The van der Waals surface area contributed by atoms with E-state index >= 15 is 0 Å². The van der Waals surface area contributed by atoms with Crippen LogP contribution in [0.1, 0.15) is 32.0 Å². The van der Waals surface area contributed by atoms with Crippen LogP contribution in [0.2, 0.25) is 0 Å². The normalized spacial score (nSPS) is 10.9. The van der Waals surface area contributed by atoms with E-state index in [4.69, 9.17) is 4.42 Å². The van der Waals surface area contributed by atoms with Crippen molar-refractivity contribution < 1.29 is 19.1 Å². The van der Waals surface area contributed by atoms with E-state index in [2.05, 4.69) is 10.5 Å². The molecule has 7 heteroatoms. The van der Waals surface area contributed by atoms with Crippen molar-refractivity contribution >= 4 is 23.8 Å². The van der Waals surface area contributed by atoms with Crippen molar-refractivity contribution in [3.63, 3.8) is 0 Å². The Morgan fingerprint density at radius 2 is 1.90 bits per heavy atom. The number of nitrogens with zero attached hydrogens (tertiary/aromatic N) is 2. The van der Waals surface area contributed by atoms with Gasteiger partial charge in [0.15, 0.2) is 0 Å². The highest BCUT2D eigenvalue weighted by atomic mass is 16.4. The first-order valence-electron chi connectivity index (χ1n) is 8.90. The Balaban J connectivity index is 1.70. The quantitative estimate of drug-likeness (QED) is 0.492. The first kappa shape index (κ1) is 19.9.